The molecule has 0 saturated heterocycles. The summed E-state index contributed by atoms with van der Waals surface area (Å²) in [5, 5.41) is 2.71. The first kappa shape index (κ1) is 20.3. The molecule has 1 N–H and O–H groups in total. The highest BCUT2D eigenvalue weighted by molar-refractivity contribution is 7.92. The SMILES string of the molecule is COc1ccccc1N(CC(=O)NCc1ccccn1)S(=O)(=O)c1ccccc1. The fourth-order valence-electron chi connectivity index (χ4n) is 2.73. The van der Waals surface area contributed by atoms with Gasteiger partial charge in [0.15, 0.2) is 0 Å². The summed E-state index contributed by atoms with van der Waals surface area (Å²) < 4.78 is 32.9. The van der Waals surface area contributed by atoms with Crippen molar-refractivity contribution in [3.8, 4) is 5.75 Å². The third-order valence-corrected chi connectivity index (χ3v) is 5.94. The number of para-hydroxylation sites is 2. The van der Waals surface area contributed by atoms with Crippen LogP contribution in [0.1, 0.15) is 5.69 Å². The van der Waals surface area contributed by atoms with E-state index in [2.05, 4.69) is 10.3 Å². The predicted octanol–water partition coefficient (Wildman–Crippen LogP) is 2.60. The summed E-state index contributed by atoms with van der Waals surface area (Å²) in [6.07, 6.45) is 1.63. The molecule has 0 aliphatic heterocycles. The van der Waals surface area contributed by atoms with E-state index >= 15 is 0 Å². The molecule has 0 fully saturated rings. The molecule has 7 nitrogen and oxygen atoms in total. The van der Waals surface area contributed by atoms with Gasteiger partial charge >= 0.3 is 0 Å². The average Bonchev–Trinajstić information content (AvgIpc) is 2.77. The van der Waals surface area contributed by atoms with E-state index in [0.717, 1.165) is 4.31 Å². The third kappa shape index (κ3) is 4.91. The van der Waals surface area contributed by atoms with Crippen LogP contribution in [0, 0.1) is 0 Å². The Hall–Kier alpha value is -3.39. The number of aromatic nitrogens is 1. The maximum Gasteiger partial charge on any atom is 0.264 e. The minimum absolute atomic E-state index is 0.0865. The van der Waals surface area contributed by atoms with Crippen LogP contribution in [0.25, 0.3) is 0 Å². The number of sulfonamides is 1. The van der Waals surface area contributed by atoms with Crippen molar-refractivity contribution in [3.63, 3.8) is 0 Å². The molecule has 1 heterocycles. The second kappa shape index (κ2) is 9.20. The second-order valence-corrected chi connectivity index (χ2v) is 7.96. The van der Waals surface area contributed by atoms with Crippen LogP contribution in [-0.2, 0) is 21.4 Å². The molecule has 0 spiro atoms. The zero-order chi connectivity index (χ0) is 20.7. The average molecular weight is 411 g/mol. The van der Waals surface area contributed by atoms with Crippen molar-refractivity contribution in [1.29, 1.82) is 0 Å². The highest BCUT2D eigenvalue weighted by atomic mass is 32.2. The lowest BCUT2D eigenvalue weighted by Gasteiger charge is -2.25. The molecule has 0 bridgehead atoms. The summed E-state index contributed by atoms with van der Waals surface area (Å²) in [5.41, 5.74) is 0.961. The van der Waals surface area contributed by atoms with Gasteiger partial charge in [-0.15, -0.1) is 0 Å². The maximum atomic E-state index is 13.3. The number of nitrogens with one attached hydrogen (secondary N) is 1. The van der Waals surface area contributed by atoms with E-state index in [1.54, 1.807) is 60.8 Å². The van der Waals surface area contributed by atoms with E-state index in [4.69, 9.17) is 4.74 Å². The lowest BCUT2D eigenvalue weighted by atomic mass is 10.3. The number of benzene rings is 2. The summed E-state index contributed by atoms with van der Waals surface area (Å²) in [6, 6.07) is 20.0. The van der Waals surface area contributed by atoms with Gasteiger partial charge in [-0.2, -0.15) is 0 Å². The first-order valence-electron chi connectivity index (χ1n) is 8.90. The van der Waals surface area contributed by atoms with Crippen molar-refractivity contribution in [3.05, 3.63) is 84.7 Å². The van der Waals surface area contributed by atoms with Gasteiger partial charge in [-0.1, -0.05) is 36.4 Å². The topological polar surface area (TPSA) is 88.6 Å². The number of rotatable bonds is 8. The third-order valence-electron chi connectivity index (χ3n) is 4.17. The van der Waals surface area contributed by atoms with Gasteiger partial charge in [0.25, 0.3) is 10.0 Å². The van der Waals surface area contributed by atoms with Gasteiger partial charge in [0.2, 0.25) is 5.91 Å². The molecule has 0 aliphatic rings. The van der Waals surface area contributed by atoms with Gasteiger partial charge in [0.05, 0.1) is 29.9 Å². The summed E-state index contributed by atoms with van der Waals surface area (Å²) >= 11 is 0. The largest absolute Gasteiger partial charge is 0.495 e. The summed E-state index contributed by atoms with van der Waals surface area (Å²) in [5.74, 6) is -0.106. The van der Waals surface area contributed by atoms with Gasteiger partial charge in [-0.05, 0) is 36.4 Å². The number of pyridine rings is 1. The van der Waals surface area contributed by atoms with Crippen LogP contribution in [0.2, 0.25) is 0 Å². The van der Waals surface area contributed by atoms with Crippen molar-refractivity contribution in [2.24, 2.45) is 0 Å². The Labute approximate surface area is 170 Å². The number of ether oxygens (including phenoxy) is 1. The minimum atomic E-state index is -3.99. The highest BCUT2D eigenvalue weighted by Gasteiger charge is 2.29. The number of methoxy groups -OCH3 is 1. The molecule has 0 aliphatic carbocycles. The summed E-state index contributed by atoms with van der Waals surface area (Å²) in [7, 11) is -2.54. The monoisotopic (exact) mass is 411 g/mol. The number of hydrogen-bond acceptors (Lipinski definition) is 5. The highest BCUT2D eigenvalue weighted by Crippen LogP contribution is 2.31. The second-order valence-electron chi connectivity index (χ2n) is 6.09. The molecule has 8 heteroatoms. The first-order chi connectivity index (χ1) is 14.0. The Morgan fingerprint density at radius 3 is 2.38 bits per heavy atom. The van der Waals surface area contributed by atoms with Crippen LogP contribution in [-0.4, -0.2) is 33.0 Å². The van der Waals surface area contributed by atoms with Gasteiger partial charge in [0.1, 0.15) is 12.3 Å². The van der Waals surface area contributed by atoms with Crippen LogP contribution in [0.5, 0.6) is 5.75 Å². The molecule has 150 valence electrons. The zero-order valence-electron chi connectivity index (χ0n) is 15.9. The molecule has 0 unspecified atom stereocenters. The molecule has 3 aromatic rings. The van der Waals surface area contributed by atoms with Gasteiger partial charge in [-0.3, -0.25) is 14.1 Å². The smallest absolute Gasteiger partial charge is 0.264 e. The fourth-order valence-corrected chi connectivity index (χ4v) is 4.19. The van der Waals surface area contributed by atoms with Crippen LogP contribution >= 0.6 is 0 Å². The summed E-state index contributed by atoms with van der Waals surface area (Å²) in [6.45, 7) is -0.199. The van der Waals surface area contributed by atoms with Crippen LogP contribution in [0.4, 0.5) is 5.69 Å². The number of hydrogen-bond donors (Lipinski definition) is 1. The Bertz CT molecular complexity index is 1060. The number of anilines is 1. The van der Waals surface area contributed by atoms with E-state index in [1.165, 1.54) is 19.2 Å². The van der Waals surface area contributed by atoms with E-state index in [0.29, 0.717) is 11.4 Å². The van der Waals surface area contributed by atoms with Crippen molar-refractivity contribution in [2.75, 3.05) is 18.0 Å². The van der Waals surface area contributed by atoms with Gasteiger partial charge in [0, 0.05) is 6.20 Å². The molecule has 3 rings (SSSR count). The Morgan fingerprint density at radius 2 is 1.69 bits per heavy atom. The number of carbonyl (C=O) groups is 1. The lowest BCUT2D eigenvalue weighted by Crippen LogP contribution is -2.41. The van der Waals surface area contributed by atoms with Crippen LogP contribution in [0.15, 0.2) is 83.9 Å². The lowest BCUT2D eigenvalue weighted by molar-refractivity contribution is -0.119. The van der Waals surface area contributed by atoms with E-state index < -0.39 is 22.5 Å². The molecule has 0 saturated carbocycles. The standard InChI is InChI=1S/C21H21N3O4S/c1-28-20-13-6-5-12-19(20)24(29(26,27)18-10-3-2-4-11-18)16-21(25)23-15-17-9-7-8-14-22-17/h2-14H,15-16H2,1H3,(H,23,25). The van der Waals surface area contributed by atoms with Gasteiger partial charge < -0.3 is 10.1 Å². The maximum absolute atomic E-state index is 13.3. The van der Waals surface area contributed by atoms with E-state index in [1.807, 2.05) is 6.07 Å². The molecule has 1 amide bonds. The number of carbonyl (C=O) groups excluding carboxylic acids is 1. The Balaban J connectivity index is 1.90. The molecule has 29 heavy (non-hydrogen) atoms. The predicted molar refractivity (Wildman–Crippen MR) is 110 cm³/mol. The normalized spacial score (nSPS) is 10.9. The molecule has 0 atom stereocenters. The van der Waals surface area contributed by atoms with Crippen molar-refractivity contribution in [2.45, 2.75) is 11.4 Å². The molecular weight excluding hydrogens is 390 g/mol. The van der Waals surface area contributed by atoms with Crippen LogP contribution in [0.3, 0.4) is 0 Å². The molecule has 2 aromatic carbocycles. The zero-order valence-corrected chi connectivity index (χ0v) is 16.7. The number of nitrogens with zero attached hydrogens (tertiary/aromatic N) is 2. The minimum Gasteiger partial charge on any atom is -0.495 e. The summed E-state index contributed by atoms with van der Waals surface area (Å²) in [4.78, 5) is 16.8. The molecule has 1 aromatic heterocycles. The van der Waals surface area contributed by atoms with E-state index in [9.17, 15) is 13.2 Å². The van der Waals surface area contributed by atoms with E-state index in [-0.39, 0.29) is 17.1 Å². The molecule has 0 radical (unpaired) electrons. The van der Waals surface area contributed by atoms with Gasteiger partial charge in [-0.25, -0.2) is 8.42 Å². The fraction of sp³-hybridized carbons (Fsp3) is 0.143. The van der Waals surface area contributed by atoms with Crippen molar-refractivity contribution in [1.82, 2.24) is 10.3 Å². The van der Waals surface area contributed by atoms with Crippen molar-refractivity contribution >= 4 is 21.6 Å². The quantitative estimate of drug-likeness (QED) is 0.616. The number of amides is 1. The molecular formula is C21H21N3O4S. The van der Waals surface area contributed by atoms with Crippen LogP contribution < -0.4 is 14.4 Å². The van der Waals surface area contributed by atoms with Crippen molar-refractivity contribution < 1.29 is 17.9 Å². The Morgan fingerprint density at radius 1 is 1.00 bits per heavy atom. The Kier molecular flexibility index (Phi) is 6.46. The first-order valence-corrected chi connectivity index (χ1v) is 10.3.